The van der Waals surface area contributed by atoms with E-state index < -0.39 is 0 Å². The highest BCUT2D eigenvalue weighted by Crippen LogP contribution is 2.35. The number of hydrogen-bond donors (Lipinski definition) is 0. The first kappa shape index (κ1) is 18.8. The van der Waals surface area contributed by atoms with Crippen LogP contribution in [-0.2, 0) is 11.3 Å². The summed E-state index contributed by atoms with van der Waals surface area (Å²) >= 11 is 12.8. The second-order valence-electron chi connectivity index (χ2n) is 5.49. The van der Waals surface area contributed by atoms with Crippen molar-refractivity contribution in [2.24, 2.45) is 0 Å². The lowest BCUT2D eigenvalue weighted by atomic mass is 10.1. The summed E-state index contributed by atoms with van der Waals surface area (Å²) in [5.41, 5.74) is 1.49. The Morgan fingerprint density at radius 3 is 2.62 bits per heavy atom. The maximum atomic E-state index is 12.7. The number of nitrogens with zero attached hydrogens (tertiary/aromatic N) is 1. The summed E-state index contributed by atoms with van der Waals surface area (Å²) in [6.45, 7) is 2.55. The van der Waals surface area contributed by atoms with Crippen LogP contribution in [0.4, 0.5) is 4.79 Å². The number of ether oxygens (including phenoxy) is 1. The van der Waals surface area contributed by atoms with Gasteiger partial charge in [0.2, 0.25) is 0 Å². The molecule has 26 heavy (non-hydrogen) atoms. The Labute approximate surface area is 165 Å². The largest absolute Gasteiger partial charge is 0.493 e. The van der Waals surface area contributed by atoms with Gasteiger partial charge in [-0.3, -0.25) is 14.5 Å². The molecule has 0 bridgehead atoms. The molecule has 1 aliphatic rings. The molecule has 4 nitrogen and oxygen atoms in total. The van der Waals surface area contributed by atoms with Crippen molar-refractivity contribution in [3.05, 3.63) is 68.5 Å². The van der Waals surface area contributed by atoms with E-state index in [0.717, 1.165) is 22.9 Å². The van der Waals surface area contributed by atoms with Crippen molar-refractivity contribution in [3.8, 4) is 5.75 Å². The number of para-hydroxylation sites is 1. The van der Waals surface area contributed by atoms with Crippen LogP contribution >= 0.6 is 35.0 Å². The van der Waals surface area contributed by atoms with E-state index >= 15 is 0 Å². The number of thioether (sulfide) groups is 1. The fourth-order valence-corrected chi connectivity index (χ4v) is 3.63. The number of hydrogen-bond acceptors (Lipinski definition) is 4. The lowest BCUT2D eigenvalue weighted by molar-refractivity contribution is -0.123. The molecule has 0 radical (unpaired) electrons. The van der Waals surface area contributed by atoms with E-state index in [1.807, 2.05) is 31.2 Å². The third kappa shape index (κ3) is 4.06. The smallest absolute Gasteiger partial charge is 0.293 e. The molecule has 2 amide bonds. The monoisotopic (exact) mass is 407 g/mol. The van der Waals surface area contributed by atoms with Crippen molar-refractivity contribution >= 4 is 52.2 Å². The first-order valence-electron chi connectivity index (χ1n) is 7.90. The predicted molar refractivity (Wildman–Crippen MR) is 106 cm³/mol. The van der Waals surface area contributed by atoms with Gasteiger partial charge in [0.05, 0.1) is 28.1 Å². The van der Waals surface area contributed by atoms with E-state index in [2.05, 4.69) is 0 Å². The molecule has 0 aromatic heterocycles. The number of amides is 2. The summed E-state index contributed by atoms with van der Waals surface area (Å²) in [7, 11) is 0. The standard InChI is InChI=1S/C19H15Cl2NO3S/c1-2-25-16-6-4-3-5-13(16)10-17-18(23)22(19(24)26-17)11-12-7-8-14(20)15(21)9-12/h3-10H,2,11H2,1H3/b17-10-. The van der Waals surface area contributed by atoms with Crippen molar-refractivity contribution in [3.63, 3.8) is 0 Å². The number of carbonyl (C=O) groups excluding carboxylic acids is 2. The Hall–Kier alpha value is -1.95. The van der Waals surface area contributed by atoms with Crippen molar-refractivity contribution in [1.29, 1.82) is 0 Å². The fourth-order valence-electron chi connectivity index (χ4n) is 2.48. The van der Waals surface area contributed by atoms with Crippen LogP contribution in [0.1, 0.15) is 18.1 Å². The molecule has 0 unspecified atom stereocenters. The second kappa shape index (κ2) is 8.16. The third-order valence-electron chi connectivity index (χ3n) is 3.70. The molecule has 2 aromatic rings. The fraction of sp³-hybridized carbons (Fsp3) is 0.158. The van der Waals surface area contributed by atoms with Gasteiger partial charge in [0.25, 0.3) is 11.1 Å². The SMILES string of the molecule is CCOc1ccccc1/C=C1\SC(=O)N(Cc2ccc(Cl)c(Cl)c2)C1=O. The Morgan fingerprint density at radius 2 is 1.88 bits per heavy atom. The highest BCUT2D eigenvalue weighted by molar-refractivity contribution is 8.18. The van der Waals surface area contributed by atoms with E-state index in [9.17, 15) is 9.59 Å². The van der Waals surface area contributed by atoms with Gasteiger partial charge in [-0.25, -0.2) is 0 Å². The summed E-state index contributed by atoms with van der Waals surface area (Å²) in [5.74, 6) is 0.337. The molecule has 1 saturated heterocycles. The molecular weight excluding hydrogens is 393 g/mol. The van der Waals surface area contributed by atoms with Crippen molar-refractivity contribution in [2.45, 2.75) is 13.5 Å². The number of rotatable bonds is 5. The Morgan fingerprint density at radius 1 is 1.12 bits per heavy atom. The first-order valence-corrected chi connectivity index (χ1v) is 9.48. The average Bonchev–Trinajstić information content (AvgIpc) is 2.87. The first-order chi connectivity index (χ1) is 12.5. The van der Waals surface area contributed by atoms with Gasteiger partial charge in [0.1, 0.15) is 5.75 Å². The van der Waals surface area contributed by atoms with Crippen LogP contribution in [0.5, 0.6) is 5.75 Å². The molecule has 0 spiro atoms. The van der Waals surface area contributed by atoms with Crippen LogP contribution in [0, 0.1) is 0 Å². The highest BCUT2D eigenvalue weighted by Gasteiger charge is 2.35. The van der Waals surface area contributed by atoms with Gasteiger partial charge < -0.3 is 4.74 Å². The van der Waals surface area contributed by atoms with Crippen LogP contribution in [-0.4, -0.2) is 22.7 Å². The Bertz CT molecular complexity index is 898. The minimum Gasteiger partial charge on any atom is -0.493 e. The van der Waals surface area contributed by atoms with Crippen molar-refractivity contribution < 1.29 is 14.3 Å². The van der Waals surface area contributed by atoms with E-state index in [1.54, 1.807) is 24.3 Å². The summed E-state index contributed by atoms with van der Waals surface area (Å²) in [6.07, 6.45) is 1.69. The van der Waals surface area contributed by atoms with E-state index in [4.69, 9.17) is 27.9 Å². The maximum Gasteiger partial charge on any atom is 0.293 e. The minimum absolute atomic E-state index is 0.145. The summed E-state index contributed by atoms with van der Waals surface area (Å²) in [5, 5.41) is 0.496. The van der Waals surface area contributed by atoms with Crippen LogP contribution in [0.15, 0.2) is 47.4 Å². The van der Waals surface area contributed by atoms with Gasteiger partial charge >= 0.3 is 0 Å². The maximum absolute atomic E-state index is 12.7. The average molecular weight is 408 g/mol. The number of imide groups is 1. The normalized spacial score (nSPS) is 15.8. The zero-order valence-electron chi connectivity index (χ0n) is 13.9. The van der Waals surface area contributed by atoms with Crippen molar-refractivity contribution in [1.82, 2.24) is 4.90 Å². The van der Waals surface area contributed by atoms with Gasteiger partial charge in [0, 0.05) is 5.56 Å². The van der Waals surface area contributed by atoms with E-state index in [1.165, 1.54) is 4.90 Å². The molecule has 0 aliphatic carbocycles. The quantitative estimate of drug-likeness (QED) is 0.602. The lowest BCUT2D eigenvalue weighted by Gasteiger charge is -2.13. The zero-order chi connectivity index (χ0) is 18.7. The van der Waals surface area contributed by atoms with Gasteiger partial charge in [-0.05, 0) is 48.5 Å². The van der Waals surface area contributed by atoms with Gasteiger partial charge in [-0.2, -0.15) is 0 Å². The Kier molecular flexibility index (Phi) is 5.91. The molecule has 1 heterocycles. The molecule has 1 fully saturated rings. The van der Waals surface area contributed by atoms with Gasteiger partial charge in [-0.15, -0.1) is 0 Å². The molecule has 0 N–H and O–H groups in total. The highest BCUT2D eigenvalue weighted by atomic mass is 35.5. The molecule has 1 aliphatic heterocycles. The predicted octanol–water partition coefficient (Wildman–Crippen LogP) is 5.63. The lowest BCUT2D eigenvalue weighted by Crippen LogP contribution is -2.27. The van der Waals surface area contributed by atoms with E-state index in [0.29, 0.717) is 27.3 Å². The molecule has 134 valence electrons. The van der Waals surface area contributed by atoms with Crippen LogP contribution in [0.2, 0.25) is 10.0 Å². The number of halogens is 2. The summed E-state index contributed by atoms with van der Waals surface area (Å²) < 4.78 is 5.57. The Balaban J connectivity index is 1.83. The molecule has 7 heteroatoms. The topological polar surface area (TPSA) is 46.6 Å². The molecular formula is C19H15Cl2NO3S. The minimum atomic E-state index is -0.336. The number of benzene rings is 2. The number of carbonyl (C=O) groups is 2. The molecule has 2 aromatic carbocycles. The van der Waals surface area contributed by atoms with Gasteiger partial charge in [0.15, 0.2) is 0 Å². The summed E-state index contributed by atoms with van der Waals surface area (Å²) in [4.78, 5) is 26.5. The van der Waals surface area contributed by atoms with E-state index in [-0.39, 0.29) is 17.7 Å². The van der Waals surface area contributed by atoms with Crippen LogP contribution in [0.25, 0.3) is 6.08 Å². The molecule has 0 saturated carbocycles. The zero-order valence-corrected chi connectivity index (χ0v) is 16.2. The van der Waals surface area contributed by atoms with Crippen molar-refractivity contribution in [2.75, 3.05) is 6.61 Å². The van der Waals surface area contributed by atoms with Crippen LogP contribution < -0.4 is 4.74 Å². The van der Waals surface area contributed by atoms with Crippen LogP contribution in [0.3, 0.4) is 0 Å². The third-order valence-corrected chi connectivity index (χ3v) is 5.35. The second-order valence-corrected chi connectivity index (χ2v) is 7.29. The summed E-state index contributed by atoms with van der Waals surface area (Å²) in [6, 6.07) is 12.4. The molecule has 0 atom stereocenters. The molecule has 3 rings (SSSR count). The van der Waals surface area contributed by atoms with Gasteiger partial charge in [-0.1, -0.05) is 47.5 Å².